The van der Waals surface area contributed by atoms with Crippen LogP contribution in [0.3, 0.4) is 0 Å². The molecule has 2 heteroatoms. The fraction of sp³-hybridized carbons (Fsp3) is 0. The van der Waals surface area contributed by atoms with Crippen LogP contribution >= 0.6 is 11.3 Å². The van der Waals surface area contributed by atoms with Crippen LogP contribution in [0, 0.1) is 0 Å². The summed E-state index contributed by atoms with van der Waals surface area (Å²) in [6, 6.07) is 64.7. The van der Waals surface area contributed by atoms with Gasteiger partial charge in [0, 0.05) is 37.2 Å². The topological polar surface area (TPSA) is 3.24 Å². The zero-order valence-electron chi connectivity index (χ0n) is 26.1. The van der Waals surface area contributed by atoms with Gasteiger partial charge in [0.2, 0.25) is 0 Å². The first-order valence-corrected chi connectivity index (χ1v) is 17.2. The highest BCUT2D eigenvalue weighted by molar-refractivity contribution is 7.25. The van der Waals surface area contributed by atoms with Gasteiger partial charge < -0.3 is 4.90 Å². The monoisotopic (exact) mass is 627 g/mol. The molecule has 0 spiro atoms. The molecule has 1 aromatic heterocycles. The van der Waals surface area contributed by atoms with Crippen LogP contribution in [0.25, 0.3) is 74.4 Å². The molecule has 224 valence electrons. The van der Waals surface area contributed by atoms with E-state index in [1.807, 2.05) is 11.3 Å². The Morgan fingerprint density at radius 1 is 0.292 bits per heavy atom. The Kier molecular flexibility index (Phi) is 6.12. The lowest BCUT2D eigenvalue weighted by atomic mass is 9.99. The molecule has 9 aromatic carbocycles. The van der Waals surface area contributed by atoms with E-state index >= 15 is 0 Å². The Labute approximate surface area is 282 Å². The van der Waals surface area contributed by atoms with Gasteiger partial charge in [0.05, 0.1) is 0 Å². The molecule has 0 saturated carbocycles. The van der Waals surface area contributed by atoms with E-state index in [-0.39, 0.29) is 0 Å². The number of thiophene rings is 1. The lowest BCUT2D eigenvalue weighted by molar-refractivity contribution is 1.30. The molecule has 0 radical (unpaired) electrons. The van der Waals surface area contributed by atoms with E-state index in [0.29, 0.717) is 0 Å². The van der Waals surface area contributed by atoms with Gasteiger partial charge in [-0.15, -0.1) is 11.3 Å². The molecule has 10 aromatic rings. The first-order valence-electron chi connectivity index (χ1n) is 16.4. The summed E-state index contributed by atoms with van der Waals surface area (Å²) in [4.78, 5) is 2.40. The van der Waals surface area contributed by atoms with Gasteiger partial charge in [-0.1, -0.05) is 121 Å². The van der Waals surface area contributed by atoms with Gasteiger partial charge >= 0.3 is 0 Å². The first kappa shape index (κ1) is 27.2. The van der Waals surface area contributed by atoms with Gasteiger partial charge in [-0.2, -0.15) is 0 Å². The molecule has 0 N–H and O–H groups in total. The molecule has 0 fully saturated rings. The summed E-state index contributed by atoms with van der Waals surface area (Å²) in [5.74, 6) is 0. The molecule has 0 aliphatic heterocycles. The summed E-state index contributed by atoms with van der Waals surface area (Å²) in [5, 5.41) is 12.7. The van der Waals surface area contributed by atoms with Crippen LogP contribution in [0.1, 0.15) is 0 Å². The smallest absolute Gasteiger partial charge is 0.0468 e. The van der Waals surface area contributed by atoms with Crippen LogP contribution in [0.15, 0.2) is 176 Å². The number of hydrogen-bond donors (Lipinski definition) is 0. The van der Waals surface area contributed by atoms with Gasteiger partial charge in [0.15, 0.2) is 0 Å². The Balaban J connectivity index is 1.15. The molecule has 0 bridgehead atoms. The molecule has 0 aliphatic carbocycles. The maximum absolute atomic E-state index is 2.40. The summed E-state index contributed by atoms with van der Waals surface area (Å²) in [6.07, 6.45) is 0. The van der Waals surface area contributed by atoms with Crippen molar-refractivity contribution in [3.8, 4) is 11.1 Å². The fourth-order valence-electron chi connectivity index (χ4n) is 7.41. The maximum atomic E-state index is 2.40. The van der Waals surface area contributed by atoms with E-state index < -0.39 is 0 Å². The molecule has 0 saturated heterocycles. The fourth-order valence-corrected chi connectivity index (χ4v) is 8.50. The molecule has 10 rings (SSSR count). The van der Waals surface area contributed by atoms with Crippen molar-refractivity contribution >= 4 is 91.7 Å². The van der Waals surface area contributed by atoms with Gasteiger partial charge in [0.1, 0.15) is 0 Å². The van der Waals surface area contributed by atoms with Crippen molar-refractivity contribution in [2.24, 2.45) is 0 Å². The molecular weight excluding hydrogens is 599 g/mol. The van der Waals surface area contributed by atoms with Crippen LogP contribution in [0.4, 0.5) is 17.1 Å². The van der Waals surface area contributed by atoms with Crippen LogP contribution in [-0.2, 0) is 0 Å². The largest absolute Gasteiger partial charge is 0.310 e. The summed E-state index contributed by atoms with van der Waals surface area (Å²) < 4.78 is 2.66. The second-order valence-electron chi connectivity index (χ2n) is 12.6. The second-order valence-corrected chi connectivity index (χ2v) is 13.7. The van der Waals surface area contributed by atoms with E-state index in [4.69, 9.17) is 0 Å². The van der Waals surface area contributed by atoms with Gasteiger partial charge in [-0.05, 0) is 109 Å². The third-order valence-corrected chi connectivity index (χ3v) is 11.0. The van der Waals surface area contributed by atoms with E-state index in [9.17, 15) is 0 Å². The number of anilines is 3. The third kappa shape index (κ3) is 4.38. The Hall–Kier alpha value is -5.96. The van der Waals surface area contributed by atoms with E-state index in [1.165, 1.54) is 74.4 Å². The molecule has 1 heterocycles. The Bertz CT molecular complexity index is 2720. The molecular formula is C46H29NS. The second kappa shape index (κ2) is 10.8. The lowest BCUT2D eigenvalue weighted by Gasteiger charge is -2.27. The van der Waals surface area contributed by atoms with Crippen molar-refractivity contribution in [1.82, 2.24) is 0 Å². The minimum Gasteiger partial charge on any atom is -0.310 e. The third-order valence-electron chi connectivity index (χ3n) is 9.81. The van der Waals surface area contributed by atoms with Gasteiger partial charge in [0.25, 0.3) is 0 Å². The van der Waals surface area contributed by atoms with Crippen molar-refractivity contribution in [2.45, 2.75) is 0 Å². The van der Waals surface area contributed by atoms with Crippen molar-refractivity contribution < 1.29 is 0 Å². The molecule has 1 nitrogen and oxygen atoms in total. The zero-order chi connectivity index (χ0) is 31.6. The predicted octanol–water partition coefficient (Wildman–Crippen LogP) is 13.8. The van der Waals surface area contributed by atoms with Crippen molar-refractivity contribution in [2.75, 3.05) is 4.90 Å². The SMILES string of the molecule is c1ccc2c(c1)ccc1ccc(N(c3ccc(-c4ccc5sc6ccccc6c5c4)cc3)c3ccc4ccc5ccccc5c4c3)cc12. The number of nitrogens with zero attached hydrogens (tertiary/aromatic N) is 1. The minimum absolute atomic E-state index is 1.12. The van der Waals surface area contributed by atoms with E-state index in [1.54, 1.807) is 0 Å². The summed E-state index contributed by atoms with van der Waals surface area (Å²) in [7, 11) is 0. The highest BCUT2D eigenvalue weighted by Gasteiger charge is 2.16. The van der Waals surface area contributed by atoms with E-state index in [0.717, 1.165) is 17.1 Å². The Morgan fingerprint density at radius 3 is 1.38 bits per heavy atom. The zero-order valence-corrected chi connectivity index (χ0v) is 26.9. The molecule has 0 atom stereocenters. The highest BCUT2D eigenvalue weighted by Crippen LogP contribution is 2.41. The molecule has 0 aliphatic rings. The number of benzene rings is 9. The maximum Gasteiger partial charge on any atom is 0.0468 e. The molecule has 0 amide bonds. The van der Waals surface area contributed by atoms with Crippen molar-refractivity contribution in [1.29, 1.82) is 0 Å². The van der Waals surface area contributed by atoms with Crippen LogP contribution in [-0.4, -0.2) is 0 Å². The highest BCUT2D eigenvalue weighted by atomic mass is 32.1. The average molecular weight is 628 g/mol. The van der Waals surface area contributed by atoms with Gasteiger partial charge in [-0.3, -0.25) is 0 Å². The summed E-state index contributed by atoms with van der Waals surface area (Å²) in [6.45, 7) is 0. The first-order chi connectivity index (χ1) is 23.8. The molecule has 48 heavy (non-hydrogen) atoms. The van der Waals surface area contributed by atoms with Crippen molar-refractivity contribution in [3.63, 3.8) is 0 Å². The minimum atomic E-state index is 1.12. The van der Waals surface area contributed by atoms with Crippen LogP contribution in [0.2, 0.25) is 0 Å². The number of rotatable bonds is 4. The lowest BCUT2D eigenvalue weighted by Crippen LogP contribution is -2.10. The van der Waals surface area contributed by atoms with Crippen molar-refractivity contribution in [3.05, 3.63) is 176 Å². The summed E-state index contributed by atoms with van der Waals surface area (Å²) in [5.41, 5.74) is 5.85. The quantitative estimate of drug-likeness (QED) is 0.176. The Morgan fingerprint density at radius 2 is 0.750 bits per heavy atom. The standard InChI is InChI=1S/C46H29NS/c1-3-9-39-31(7-1)13-15-33-19-24-37(28-42(33)39)47(38-25-20-34-16-14-32-8-2-4-10-40(32)43(34)29-38)36-22-17-30(18-23-36)35-21-26-46-44(27-35)41-11-5-6-12-45(41)48-46/h1-29H. The van der Waals surface area contributed by atoms with E-state index in [2.05, 4.69) is 181 Å². The average Bonchev–Trinajstić information content (AvgIpc) is 3.53. The van der Waals surface area contributed by atoms with Crippen LogP contribution < -0.4 is 4.90 Å². The van der Waals surface area contributed by atoms with Gasteiger partial charge in [-0.25, -0.2) is 0 Å². The predicted molar refractivity (Wildman–Crippen MR) is 209 cm³/mol. The van der Waals surface area contributed by atoms with Crippen LogP contribution in [0.5, 0.6) is 0 Å². The summed E-state index contributed by atoms with van der Waals surface area (Å²) >= 11 is 1.86. The number of fused-ring (bicyclic) bond motifs is 9. The molecule has 0 unspecified atom stereocenters. The normalized spacial score (nSPS) is 11.8. The number of hydrogen-bond acceptors (Lipinski definition) is 2.